The molecular weight excluding hydrogens is 256 g/mol. The fourth-order valence-corrected chi connectivity index (χ4v) is 2.65. The van der Waals surface area contributed by atoms with E-state index in [9.17, 15) is 4.79 Å². The summed E-state index contributed by atoms with van der Waals surface area (Å²) in [6.45, 7) is 9.74. The van der Waals surface area contributed by atoms with E-state index in [4.69, 9.17) is 4.42 Å². The maximum Gasteiger partial charge on any atom is 0.228 e. The number of rotatable bonds is 3. The second-order valence-corrected chi connectivity index (χ2v) is 5.71. The zero-order valence-electron chi connectivity index (χ0n) is 12.2. The Morgan fingerprint density at radius 2 is 2.00 bits per heavy atom. The zero-order chi connectivity index (χ0) is 14.1. The summed E-state index contributed by atoms with van der Waals surface area (Å²) in [5.74, 6) is 2.19. The number of amides is 1. The Hall–Kier alpha value is -1.40. The number of piperazine rings is 1. The highest BCUT2D eigenvalue weighted by Crippen LogP contribution is 2.14. The molecule has 0 spiro atoms. The maximum absolute atomic E-state index is 12.1. The first-order valence-corrected chi connectivity index (χ1v) is 7.28. The van der Waals surface area contributed by atoms with Gasteiger partial charge in [0.05, 0.1) is 18.2 Å². The molecule has 20 heavy (non-hydrogen) atoms. The molecule has 1 aromatic rings. The van der Waals surface area contributed by atoms with Crippen LogP contribution < -0.4 is 5.32 Å². The van der Waals surface area contributed by atoms with Crippen LogP contribution in [-0.2, 0) is 11.3 Å². The summed E-state index contributed by atoms with van der Waals surface area (Å²) in [5.41, 5.74) is 0.964. The average molecular weight is 278 g/mol. The molecule has 0 aliphatic carbocycles. The Balaban J connectivity index is 1.49. The van der Waals surface area contributed by atoms with Crippen molar-refractivity contribution < 1.29 is 9.21 Å². The molecule has 0 saturated carbocycles. The molecule has 0 unspecified atom stereocenters. The van der Waals surface area contributed by atoms with E-state index in [0.29, 0.717) is 5.91 Å². The normalized spacial score (nSPS) is 21.0. The first-order valence-electron chi connectivity index (χ1n) is 7.28. The predicted molar refractivity (Wildman–Crippen MR) is 74.2 cm³/mol. The monoisotopic (exact) mass is 278 g/mol. The minimum Gasteiger partial charge on any atom is -0.444 e. The van der Waals surface area contributed by atoms with Crippen molar-refractivity contribution in [2.75, 3.05) is 39.3 Å². The highest BCUT2D eigenvalue weighted by molar-refractivity contribution is 5.80. The lowest BCUT2D eigenvalue weighted by Gasteiger charge is -2.38. The van der Waals surface area contributed by atoms with Crippen molar-refractivity contribution >= 4 is 5.91 Å². The standard InChI is InChI=1S/C14H22N4O2/c1-10-11(2)20-13(16-10)9-17-3-5-18(6-4-17)14(19)12-7-15-8-12/h12,15H,3-9H2,1-2H3. The van der Waals surface area contributed by atoms with Gasteiger partial charge in [-0.3, -0.25) is 9.69 Å². The molecule has 0 radical (unpaired) electrons. The molecule has 1 amide bonds. The number of nitrogens with one attached hydrogen (secondary N) is 1. The molecule has 2 aliphatic rings. The highest BCUT2D eigenvalue weighted by Gasteiger charge is 2.31. The van der Waals surface area contributed by atoms with Gasteiger partial charge in [-0.2, -0.15) is 0 Å². The van der Waals surface area contributed by atoms with Crippen molar-refractivity contribution in [1.29, 1.82) is 0 Å². The topological polar surface area (TPSA) is 61.6 Å². The van der Waals surface area contributed by atoms with Crippen molar-refractivity contribution in [3.8, 4) is 0 Å². The largest absolute Gasteiger partial charge is 0.444 e. The number of hydrogen-bond acceptors (Lipinski definition) is 5. The van der Waals surface area contributed by atoms with Gasteiger partial charge in [0.25, 0.3) is 0 Å². The SMILES string of the molecule is Cc1nc(CN2CCN(C(=O)C3CNC3)CC2)oc1C. The number of carbonyl (C=O) groups excluding carboxylic acids is 1. The van der Waals surface area contributed by atoms with E-state index >= 15 is 0 Å². The van der Waals surface area contributed by atoms with Crippen LogP contribution in [0, 0.1) is 19.8 Å². The molecule has 0 bridgehead atoms. The number of carbonyl (C=O) groups is 1. The van der Waals surface area contributed by atoms with Crippen molar-refractivity contribution in [1.82, 2.24) is 20.1 Å². The average Bonchev–Trinajstić information content (AvgIpc) is 2.67. The Bertz CT molecular complexity index is 468. The molecular formula is C14H22N4O2. The van der Waals surface area contributed by atoms with E-state index in [-0.39, 0.29) is 5.92 Å². The Labute approximate surface area is 119 Å². The van der Waals surface area contributed by atoms with Gasteiger partial charge in [0, 0.05) is 39.3 Å². The van der Waals surface area contributed by atoms with Crippen LogP contribution in [0.3, 0.4) is 0 Å². The summed E-state index contributed by atoms with van der Waals surface area (Å²) in [6, 6.07) is 0. The molecule has 1 N–H and O–H groups in total. The van der Waals surface area contributed by atoms with E-state index in [1.807, 2.05) is 18.7 Å². The Morgan fingerprint density at radius 1 is 1.30 bits per heavy atom. The van der Waals surface area contributed by atoms with Gasteiger partial charge in [-0.05, 0) is 13.8 Å². The fraction of sp³-hybridized carbons (Fsp3) is 0.714. The number of aromatic nitrogens is 1. The molecule has 2 saturated heterocycles. The van der Waals surface area contributed by atoms with Gasteiger partial charge in [0.2, 0.25) is 11.8 Å². The summed E-state index contributed by atoms with van der Waals surface area (Å²) >= 11 is 0. The van der Waals surface area contributed by atoms with Gasteiger partial charge in [0.15, 0.2) is 0 Å². The van der Waals surface area contributed by atoms with Crippen molar-refractivity contribution in [2.24, 2.45) is 5.92 Å². The molecule has 0 aromatic carbocycles. The number of aryl methyl sites for hydroxylation is 2. The van der Waals surface area contributed by atoms with Gasteiger partial charge in [-0.15, -0.1) is 0 Å². The van der Waals surface area contributed by atoms with E-state index in [0.717, 1.165) is 63.2 Å². The third-order valence-corrected chi connectivity index (χ3v) is 4.25. The quantitative estimate of drug-likeness (QED) is 0.853. The molecule has 110 valence electrons. The molecule has 6 heteroatoms. The molecule has 3 heterocycles. The number of oxazole rings is 1. The second kappa shape index (κ2) is 5.54. The highest BCUT2D eigenvalue weighted by atomic mass is 16.4. The van der Waals surface area contributed by atoms with Gasteiger partial charge >= 0.3 is 0 Å². The first kappa shape index (κ1) is 13.6. The Morgan fingerprint density at radius 3 is 2.50 bits per heavy atom. The van der Waals surface area contributed by atoms with Crippen LogP contribution >= 0.6 is 0 Å². The first-order chi connectivity index (χ1) is 9.63. The Kier molecular flexibility index (Phi) is 3.76. The van der Waals surface area contributed by atoms with Crippen LogP contribution in [0.2, 0.25) is 0 Å². The summed E-state index contributed by atoms with van der Waals surface area (Å²) < 4.78 is 5.61. The molecule has 6 nitrogen and oxygen atoms in total. The van der Waals surface area contributed by atoms with Gasteiger partial charge < -0.3 is 14.6 Å². The van der Waals surface area contributed by atoms with Crippen molar-refractivity contribution in [2.45, 2.75) is 20.4 Å². The van der Waals surface area contributed by atoms with Gasteiger partial charge in [-0.25, -0.2) is 4.98 Å². The van der Waals surface area contributed by atoms with Crippen molar-refractivity contribution in [3.05, 3.63) is 17.3 Å². The lowest BCUT2D eigenvalue weighted by molar-refractivity contribution is -0.138. The lowest BCUT2D eigenvalue weighted by atomic mass is 10.0. The number of nitrogens with zero attached hydrogens (tertiary/aromatic N) is 3. The summed E-state index contributed by atoms with van der Waals surface area (Å²) in [5, 5.41) is 3.15. The number of hydrogen-bond donors (Lipinski definition) is 1. The van der Waals surface area contributed by atoms with Crippen LogP contribution in [0.15, 0.2) is 4.42 Å². The third-order valence-electron chi connectivity index (χ3n) is 4.25. The smallest absolute Gasteiger partial charge is 0.228 e. The molecule has 0 atom stereocenters. The minimum atomic E-state index is 0.207. The van der Waals surface area contributed by atoms with Crippen LogP contribution in [-0.4, -0.2) is 60.0 Å². The molecule has 3 rings (SSSR count). The third kappa shape index (κ3) is 2.71. The zero-order valence-corrected chi connectivity index (χ0v) is 12.2. The molecule has 2 fully saturated rings. The van der Waals surface area contributed by atoms with E-state index in [1.54, 1.807) is 0 Å². The fourth-order valence-electron chi connectivity index (χ4n) is 2.65. The van der Waals surface area contributed by atoms with Crippen LogP contribution in [0.4, 0.5) is 0 Å². The minimum absolute atomic E-state index is 0.207. The maximum atomic E-state index is 12.1. The van der Waals surface area contributed by atoms with E-state index in [1.165, 1.54) is 0 Å². The van der Waals surface area contributed by atoms with E-state index < -0.39 is 0 Å². The summed E-state index contributed by atoms with van der Waals surface area (Å²) in [4.78, 5) is 20.8. The van der Waals surface area contributed by atoms with E-state index in [2.05, 4.69) is 15.2 Å². The lowest BCUT2D eigenvalue weighted by Crippen LogP contribution is -2.56. The molecule has 2 aliphatic heterocycles. The van der Waals surface area contributed by atoms with Crippen LogP contribution in [0.1, 0.15) is 17.3 Å². The van der Waals surface area contributed by atoms with Crippen LogP contribution in [0.5, 0.6) is 0 Å². The van der Waals surface area contributed by atoms with Crippen molar-refractivity contribution in [3.63, 3.8) is 0 Å². The second-order valence-electron chi connectivity index (χ2n) is 5.71. The molecule has 1 aromatic heterocycles. The van der Waals surface area contributed by atoms with Crippen LogP contribution in [0.25, 0.3) is 0 Å². The van der Waals surface area contributed by atoms with Gasteiger partial charge in [-0.1, -0.05) is 0 Å². The predicted octanol–water partition coefficient (Wildman–Crippen LogP) is 0.155. The summed E-state index contributed by atoms with van der Waals surface area (Å²) in [6.07, 6.45) is 0. The van der Waals surface area contributed by atoms with Gasteiger partial charge in [0.1, 0.15) is 5.76 Å². The summed E-state index contributed by atoms with van der Waals surface area (Å²) in [7, 11) is 0.